The Morgan fingerprint density at radius 2 is 2.39 bits per heavy atom. The van der Waals surface area contributed by atoms with Crippen LogP contribution in [0.25, 0.3) is 0 Å². The number of amides is 1. The van der Waals surface area contributed by atoms with Gasteiger partial charge in [-0.1, -0.05) is 12.1 Å². The molecule has 1 aliphatic rings. The van der Waals surface area contributed by atoms with E-state index in [0.29, 0.717) is 13.0 Å². The van der Waals surface area contributed by atoms with Gasteiger partial charge in [0.25, 0.3) is 0 Å². The van der Waals surface area contributed by atoms with Crippen molar-refractivity contribution in [1.29, 1.82) is 0 Å². The predicted molar refractivity (Wildman–Crippen MR) is 68.4 cm³/mol. The molecule has 6 nitrogen and oxygen atoms in total. The lowest BCUT2D eigenvalue weighted by Gasteiger charge is -2.21. The smallest absolute Gasteiger partial charge is 0.222 e. The average molecular weight is 257 g/mol. The van der Waals surface area contributed by atoms with Crippen LogP contribution in [0.4, 0.5) is 0 Å². The van der Waals surface area contributed by atoms with Crippen molar-refractivity contribution in [3.05, 3.63) is 0 Å². The van der Waals surface area contributed by atoms with Gasteiger partial charge in [0.1, 0.15) is 5.84 Å². The first kappa shape index (κ1) is 14.8. The van der Waals surface area contributed by atoms with Crippen LogP contribution in [-0.2, 0) is 9.53 Å². The Hall–Kier alpha value is -1.30. The number of rotatable bonds is 6. The van der Waals surface area contributed by atoms with Crippen molar-refractivity contribution in [1.82, 2.24) is 4.90 Å². The monoisotopic (exact) mass is 257 g/mol. The van der Waals surface area contributed by atoms with Crippen LogP contribution in [0.2, 0.25) is 0 Å². The van der Waals surface area contributed by atoms with Crippen molar-refractivity contribution in [2.24, 2.45) is 16.8 Å². The maximum absolute atomic E-state index is 11.9. The quantitative estimate of drug-likeness (QED) is 0.318. The molecular weight excluding hydrogens is 234 g/mol. The molecule has 2 atom stereocenters. The van der Waals surface area contributed by atoms with Gasteiger partial charge in [-0.05, 0) is 19.3 Å². The summed E-state index contributed by atoms with van der Waals surface area (Å²) < 4.78 is 5.48. The first-order chi connectivity index (χ1) is 8.54. The highest BCUT2D eigenvalue weighted by atomic mass is 16.5. The molecule has 0 aromatic heterocycles. The molecule has 2 unspecified atom stereocenters. The molecule has 0 aliphatic carbocycles. The molecule has 1 heterocycles. The molecule has 1 saturated heterocycles. The maximum Gasteiger partial charge on any atom is 0.222 e. The number of amidine groups is 1. The van der Waals surface area contributed by atoms with Gasteiger partial charge in [0.2, 0.25) is 5.91 Å². The Morgan fingerprint density at radius 1 is 1.67 bits per heavy atom. The van der Waals surface area contributed by atoms with Crippen LogP contribution in [0.5, 0.6) is 0 Å². The van der Waals surface area contributed by atoms with Gasteiger partial charge in [0.15, 0.2) is 0 Å². The number of nitrogens with two attached hydrogens (primary N) is 1. The minimum absolute atomic E-state index is 0.0723. The third-order valence-electron chi connectivity index (χ3n) is 3.30. The lowest BCUT2D eigenvalue weighted by molar-refractivity contribution is -0.130. The molecule has 0 aromatic carbocycles. The van der Waals surface area contributed by atoms with E-state index in [1.54, 1.807) is 11.9 Å². The summed E-state index contributed by atoms with van der Waals surface area (Å²) in [7, 11) is 1.74. The molecule has 1 fully saturated rings. The van der Waals surface area contributed by atoms with Gasteiger partial charge < -0.3 is 20.6 Å². The molecule has 104 valence electrons. The third kappa shape index (κ3) is 4.52. The molecule has 3 N–H and O–H groups in total. The molecule has 0 radical (unpaired) electrons. The number of nitrogens with zero attached hydrogens (tertiary/aromatic N) is 2. The van der Waals surface area contributed by atoms with Gasteiger partial charge in [-0.15, -0.1) is 0 Å². The summed E-state index contributed by atoms with van der Waals surface area (Å²) in [5.41, 5.74) is 5.48. The Morgan fingerprint density at radius 3 is 2.94 bits per heavy atom. The number of hydrogen-bond donors (Lipinski definition) is 2. The lowest BCUT2D eigenvalue weighted by atomic mass is 10.1. The van der Waals surface area contributed by atoms with Crippen LogP contribution in [0, 0.1) is 5.92 Å². The first-order valence-electron chi connectivity index (χ1n) is 6.37. The summed E-state index contributed by atoms with van der Waals surface area (Å²) in [6, 6.07) is 0. The van der Waals surface area contributed by atoms with Crippen molar-refractivity contribution >= 4 is 11.7 Å². The zero-order valence-corrected chi connectivity index (χ0v) is 11.1. The van der Waals surface area contributed by atoms with Crippen LogP contribution in [-0.4, -0.2) is 48.2 Å². The summed E-state index contributed by atoms with van der Waals surface area (Å²) in [5.74, 6) is 0.0727. The van der Waals surface area contributed by atoms with E-state index in [-0.39, 0.29) is 23.8 Å². The van der Waals surface area contributed by atoms with E-state index < -0.39 is 0 Å². The van der Waals surface area contributed by atoms with Crippen molar-refractivity contribution in [2.75, 3.05) is 20.2 Å². The molecular formula is C12H23N3O3. The topological polar surface area (TPSA) is 88.2 Å². The van der Waals surface area contributed by atoms with E-state index in [1.165, 1.54) is 0 Å². The van der Waals surface area contributed by atoms with Gasteiger partial charge in [0.05, 0.1) is 6.10 Å². The Labute approximate surface area is 108 Å². The van der Waals surface area contributed by atoms with Crippen LogP contribution < -0.4 is 5.73 Å². The summed E-state index contributed by atoms with van der Waals surface area (Å²) >= 11 is 0. The fourth-order valence-electron chi connectivity index (χ4n) is 2.05. The average Bonchev–Trinajstić information content (AvgIpc) is 2.87. The first-order valence-corrected chi connectivity index (χ1v) is 6.37. The number of oxime groups is 1. The second-order valence-corrected chi connectivity index (χ2v) is 4.87. The summed E-state index contributed by atoms with van der Waals surface area (Å²) in [6.45, 7) is 3.09. The van der Waals surface area contributed by atoms with Gasteiger partial charge in [0, 0.05) is 32.5 Å². The SMILES string of the molecule is CC(CN(C)C(=O)CCC1CCCO1)C(N)=NO. The summed E-state index contributed by atoms with van der Waals surface area (Å²) in [5, 5.41) is 11.5. The van der Waals surface area contributed by atoms with Crippen LogP contribution in [0.15, 0.2) is 5.16 Å². The van der Waals surface area contributed by atoms with Gasteiger partial charge in [-0.3, -0.25) is 4.79 Å². The minimum atomic E-state index is -0.147. The summed E-state index contributed by atoms with van der Waals surface area (Å²) in [6.07, 6.45) is 3.65. The fraction of sp³-hybridized carbons (Fsp3) is 0.833. The molecule has 0 spiro atoms. The molecule has 0 bridgehead atoms. The van der Waals surface area contributed by atoms with Crippen molar-refractivity contribution in [3.8, 4) is 0 Å². The van der Waals surface area contributed by atoms with Gasteiger partial charge in [-0.2, -0.15) is 0 Å². The Balaban J connectivity index is 2.27. The predicted octanol–water partition coefficient (Wildman–Crippen LogP) is 0.787. The molecule has 6 heteroatoms. The molecule has 0 saturated carbocycles. The lowest BCUT2D eigenvalue weighted by Crippen LogP contribution is -2.36. The zero-order chi connectivity index (χ0) is 13.5. The van der Waals surface area contributed by atoms with Crippen molar-refractivity contribution < 1.29 is 14.7 Å². The highest BCUT2D eigenvalue weighted by Crippen LogP contribution is 2.17. The van der Waals surface area contributed by atoms with E-state index in [9.17, 15) is 4.79 Å². The van der Waals surface area contributed by atoms with Crippen LogP contribution in [0.1, 0.15) is 32.6 Å². The van der Waals surface area contributed by atoms with Crippen LogP contribution in [0.3, 0.4) is 0 Å². The summed E-state index contributed by atoms with van der Waals surface area (Å²) in [4.78, 5) is 13.5. The largest absolute Gasteiger partial charge is 0.409 e. The van der Waals surface area contributed by atoms with E-state index in [4.69, 9.17) is 15.7 Å². The number of ether oxygens (including phenoxy) is 1. The number of carbonyl (C=O) groups excluding carboxylic acids is 1. The highest BCUT2D eigenvalue weighted by molar-refractivity contribution is 5.83. The normalized spacial score (nSPS) is 21.9. The van der Waals surface area contributed by atoms with E-state index in [0.717, 1.165) is 25.9 Å². The third-order valence-corrected chi connectivity index (χ3v) is 3.30. The maximum atomic E-state index is 11.9. The van der Waals surface area contributed by atoms with E-state index >= 15 is 0 Å². The van der Waals surface area contributed by atoms with Crippen molar-refractivity contribution in [2.45, 2.75) is 38.7 Å². The second-order valence-electron chi connectivity index (χ2n) is 4.87. The molecule has 1 amide bonds. The molecule has 18 heavy (non-hydrogen) atoms. The minimum Gasteiger partial charge on any atom is -0.409 e. The second kappa shape index (κ2) is 7.20. The zero-order valence-electron chi connectivity index (χ0n) is 11.1. The standard InChI is InChI=1S/C12H23N3O3/c1-9(12(13)14-17)8-15(2)11(16)6-5-10-4-3-7-18-10/h9-10,17H,3-8H2,1-2H3,(H2,13,14). The Kier molecular flexibility index (Phi) is 5.91. The fourth-order valence-corrected chi connectivity index (χ4v) is 2.05. The van der Waals surface area contributed by atoms with Gasteiger partial charge in [-0.25, -0.2) is 0 Å². The highest BCUT2D eigenvalue weighted by Gasteiger charge is 2.19. The Bertz CT molecular complexity index is 301. The number of carbonyl (C=O) groups is 1. The van der Waals surface area contributed by atoms with Crippen molar-refractivity contribution in [3.63, 3.8) is 0 Å². The molecule has 0 aromatic rings. The van der Waals surface area contributed by atoms with Crippen LogP contribution >= 0.6 is 0 Å². The van der Waals surface area contributed by atoms with Gasteiger partial charge >= 0.3 is 0 Å². The molecule has 1 rings (SSSR count). The van der Waals surface area contributed by atoms with E-state index in [2.05, 4.69) is 5.16 Å². The molecule has 1 aliphatic heterocycles. The number of hydrogen-bond acceptors (Lipinski definition) is 4. The van der Waals surface area contributed by atoms with E-state index in [1.807, 2.05) is 6.92 Å².